The molecule has 27 heavy (non-hydrogen) atoms. The Hall–Kier alpha value is -3.28. The van der Waals surface area contributed by atoms with E-state index in [0.717, 1.165) is 22.1 Å². The third-order valence-electron chi connectivity index (χ3n) is 4.72. The number of carbonyl (C=O) groups is 2. The number of nitrogens with zero attached hydrogens (tertiary/aromatic N) is 1. The lowest BCUT2D eigenvalue weighted by atomic mass is 9.93. The number of esters is 1. The lowest BCUT2D eigenvalue weighted by Crippen LogP contribution is -2.47. The Morgan fingerprint density at radius 2 is 1.93 bits per heavy atom. The number of ether oxygens (including phenoxy) is 2. The zero-order valence-electron chi connectivity index (χ0n) is 15.6. The van der Waals surface area contributed by atoms with E-state index in [9.17, 15) is 9.59 Å². The average molecular weight is 366 g/mol. The molecule has 0 unspecified atom stereocenters. The minimum atomic E-state index is -0.586. The maximum atomic E-state index is 12.5. The van der Waals surface area contributed by atoms with Gasteiger partial charge in [-0.2, -0.15) is 0 Å². The summed E-state index contributed by atoms with van der Waals surface area (Å²) < 4.78 is 10.2. The normalized spacial score (nSPS) is 16.9. The smallest absolute Gasteiger partial charge is 0.337 e. The second-order valence-electron chi connectivity index (χ2n) is 6.24. The standard InChI is InChI=1S/C21H22N2O4/c1-5-10-23-13(2)18(20(24)27-4)19(22-21(23)25)16-7-6-15-12-17(26-3)9-8-14(15)11-16/h5-9,11-12,19H,1,10H2,2-4H3,(H,22,25)/t19-/m0/s1. The SMILES string of the molecule is C=CCN1C(=O)N[C@@H](c2ccc3cc(OC)ccc3c2)C(C(=O)OC)=C1C. The number of hydrogen-bond acceptors (Lipinski definition) is 4. The van der Waals surface area contributed by atoms with Crippen LogP contribution in [0.3, 0.4) is 0 Å². The highest BCUT2D eigenvalue weighted by Crippen LogP contribution is 2.33. The molecular formula is C21H22N2O4. The summed E-state index contributed by atoms with van der Waals surface area (Å²) in [5, 5.41) is 4.90. The monoisotopic (exact) mass is 366 g/mol. The first-order valence-electron chi connectivity index (χ1n) is 8.56. The van der Waals surface area contributed by atoms with Crippen molar-refractivity contribution in [3.05, 3.63) is 65.9 Å². The van der Waals surface area contributed by atoms with Crippen LogP contribution in [0.15, 0.2) is 60.3 Å². The highest BCUT2D eigenvalue weighted by Gasteiger charge is 2.35. The van der Waals surface area contributed by atoms with Crippen LogP contribution in [0.5, 0.6) is 5.75 Å². The van der Waals surface area contributed by atoms with Crippen LogP contribution in [-0.4, -0.2) is 37.7 Å². The van der Waals surface area contributed by atoms with Crippen molar-refractivity contribution < 1.29 is 19.1 Å². The maximum Gasteiger partial charge on any atom is 0.337 e. The van der Waals surface area contributed by atoms with Crippen molar-refractivity contribution in [2.45, 2.75) is 13.0 Å². The number of urea groups is 1. The highest BCUT2D eigenvalue weighted by atomic mass is 16.5. The fraction of sp³-hybridized carbons (Fsp3) is 0.238. The first kappa shape index (κ1) is 18.5. The number of carbonyl (C=O) groups excluding carboxylic acids is 2. The van der Waals surface area contributed by atoms with Gasteiger partial charge in [-0.05, 0) is 41.5 Å². The van der Waals surface area contributed by atoms with Crippen molar-refractivity contribution in [2.75, 3.05) is 20.8 Å². The first-order chi connectivity index (χ1) is 13.0. The van der Waals surface area contributed by atoms with Gasteiger partial charge >= 0.3 is 12.0 Å². The molecule has 1 heterocycles. The van der Waals surface area contributed by atoms with Gasteiger partial charge < -0.3 is 14.8 Å². The van der Waals surface area contributed by atoms with Crippen LogP contribution in [0, 0.1) is 0 Å². The molecule has 0 radical (unpaired) electrons. The van der Waals surface area contributed by atoms with E-state index in [0.29, 0.717) is 17.8 Å². The van der Waals surface area contributed by atoms with Gasteiger partial charge in [-0.1, -0.05) is 24.3 Å². The van der Waals surface area contributed by atoms with Crippen molar-refractivity contribution in [1.29, 1.82) is 0 Å². The number of allylic oxidation sites excluding steroid dienone is 1. The highest BCUT2D eigenvalue weighted by molar-refractivity contribution is 5.95. The summed E-state index contributed by atoms with van der Waals surface area (Å²) in [7, 11) is 2.96. The Labute approximate surface area is 158 Å². The molecule has 140 valence electrons. The minimum Gasteiger partial charge on any atom is -0.497 e. The molecule has 1 N–H and O–H groups in total. The molecule has 2 amide bonds. The lowest BCUT2D eigenvalue weighted by molar-refractivity contribution is -0.136. The van der Waals surface area contributed by atoms with Gasteiger partial charge in [-0.25, -0.2) is 9.59 Å². The van der Waals surface area contributed by atoms with Crippen LogP contribution in [0.1, 0.15) is 18.5 Å². The van der Waals surface area contributed by atoms with Gasteiger partial charge in [0.25, 0.3) is 0 Å². The van der Waals surface area contributed by atoms with Crippen LogP contribution in [0.25, 0.3) is 10.8 Å². The van der Waals surface area contributed by atoms with Crippen molar-refractivity contribution in [1.82, 2.24) is 10.2 Å². The molecule has 3 rings (SSSR count). The Kier molecular flexibility index (Phi) is 5.16. The third-order valence-corrected chi connectivity index (χ3v) is 4.72. The van der Waals surface area contributed by atoms with Crippen LogP contribution < -0.4 is 10.1 Å². The van der Waals surface area contributed by atoms with Crippen molar-refractivity contribution in [3.63, 3.8) is 0 Å². The van der Waals surface area contributed by atoms with E-state index in [1.54, 1.807) is 20.1 Å². The van der Waals surface area contributed by atoms with E-state index < -0.39 is 12.0 Å². The van der Waals surface area contributed by atoms with Gasteiger partial charge in [0.15, 0.2) is 0 Å². The second kappa shape index (κ2) is 7.53. The van der Waals surface area contributed by atoms with E-state index in [-0.39, 0.29) is 6.03 Å². The zero-order chi connectivity index (χ0) is 19.6. The topological polar surface area (TPSA) is 67.9 Å². The van der Waals surface area contributed by atoms with Crippen LogP contribution in [-0.2, 0) is 9.53 Å². The summed E-state index contributed by atoms with van der Waals surface area (Å²) in [5.41, 5.74) is 1.77. The molecule has 0 spiro atoms. The molecule has 0 fully saturated rings. The van der Waals surface area contributed by atoms with E-state index in [1.807, 2.05) is 36.4 Å². The Morgan fingerprint density at radius 1 is 1.22 bits per heavy atom. The van der Waals surface area contributed by atoms with Crippen molar-refractivity contribution >= 4 is 22.8 Å². The summed E-state index contributed by atoms with van der Waals surface area (Å²) in [6, 6.07) is 10.7. The van der Waals surface area contributed by atoms with Crippen molar-refractivity contribution in [3.8, 4) is 5.75 Å². The Morgan fingerprint density at radius 3 is 2.59 bits per heavy atom. The Bertz CT molecular complexity index is 948. The minimum absolute atomic E-state index is 0.278. The molecule has 1 aliphatic heterocycles. The molecule has 6 heteroatoms. The summed E-state index contributed by atoms with van der Waals surface area (Å²) in [6.07, 6.45) is 1.61. The van der Waals surface area contributed by atoms with Gasteiger partial charge in [0.1, 0.15) is 5.75 Å². The molecule has 6 nitrogen and oxygen atoms in total. The third kappa shape index (κ3) is 3.38. The number of hydrogen-bond donors (Lipinski definition) is 1. The molecule has 2 aromatic rings. The zero-order valence-corrected chi connectivity index (χ0v) is 15.6. The molecule has 0 saturated carbocycles. The first-order valence-corrected chi connectivity index (χ1v) is 8.56. The summed E-state index contributed by atoms with van der Waals surface area (Å²) in [5.74, 6) is 0.300. The fourth-order valence-corrected chi connectivity index (χ4v) is 3.30. The van der Waals surface area contributed by atoms with Gasteiger partial charge in [-0.3, -0.25) is 4.90 Å². The molecule has 0 bridgehead atoms. The number of methoxy groups -OCH3 is 2. The van der Waals surface area contributed by atoms with Gasteiger partial charge in [-0.15, -0.1) is 6.58 Å². The van der Waals surface area contributed by atoms with Gasteiger partial charge in [0.2, 0.25) is 0 Å². The van der Waals surface area contributed by atoms with E-state index >= 15 is 0 Å². The molecule has 0 aromatic heterocycles. The van der Waals surface area contributed by atoms with Gasteiger partial charge in [0.05, 0.1) is 25.8 Å². The lowest BCUT2D eigenvalue weighted by Gasteiger charge is -2.34. The number of amides is 2. The largest absolute Gasteiger partial charge is 0.497 e. The second-order valence-corrected chi connectivity index (χ2v) is 6.24. The van der Waals surface area contributed by atoms with E-state index in [1.165, 1.54) is 12.0 Å². The predicted molar refractivity (Wildman–Crippen MR) is 103 cm³/mol. The van der Waals surface area contributed by atoms with E-state index in [4.69, 9.17) is 9.47 Å². The fourth-order valence-electron chi connectivity index (χ4n) is 3.30. The number of nitrogens with one attached hydrogen (secondary N) is 1. The van der Waals surface area contributed by atoms with Crippen LogP contribution >= 0.6 is 0 Å². The molecule has 0 aliphatic carbocycles. The number of fused-ring (bicyclic) bond motifs is 1. The van der Waals surface area contributed by atoms with Crippen molar-refractivity contribution in [2.24, 2.45) is 0 Å². The maximum absolute atomic E-state index is 12.5. The van der Waals surface area contributed by atoms with Crippen LogP contribution in [0.2, 0.25) is 0 Å². The molecule has 1 aliphatic rings. The predicted octanol–water partition coefficient (Wildman–Crippen LogP) is 3.55. The molecule has 1 atom stereocenters. The summed E-state index contributed by atoms with van der Waals surface area (Å²) in [4.78, 5) is 26.5. The number of benzene rings is 2. The molecule has 2 aromatic carbocycles. The van der Waals surface area contributed by atoms with E-state index in [2.05, 4.69) is 11.9 Å². The molecular weight excluding hydrogens is 344 g/mol. The number of rotatable bonds is 5. The summed E-state index contributed by atoms with van der Waals surface area (Å²) in [6.45, 7) is 5.72. The quantitative estimate of drug-likeness (QED) is 0.649. The Balaban J connectivity index is 2.10. The van der Waals surface area contributed by atoms with Gasteiger partial charge in [0, 0.05) is 12.2 Å². The summed E-state index contributed by atoms with van der Waals surface area (Å²) >= 11 is 0. The van der Waals surface area contributed by atoms with Crippen LogP contribution in [0.4, 0.5) is 4.79 Å². The average Bonchev–Trinajstić information content (AvgIpc) is 2.69. The molecule has 0 saturated heterocycles.